The zero-order chi connectivity index (χ0) is 15.6. The fourth-order valence-electron chi connectivity index (χ4n) is 2.01. The van der Waals surface area contributed by atoms with Gasteiger partial charge in [-0.15, -0.1) is 0 Å². The first-order chi connectivity index (χ1) is 9.87. The molecule has 0 amide bonds. The van der Waals surface area contributed by atoms with Crippen molar-refractivity contribution in [1.82, 2.24) is 9.78 Å². The molecule has 1 N–H and O–H groups in total. The number of rotatable bonds is 4. The normalized spacial score (nSPS) is 11.1. The summed E-state index contributed by atoms with van der Waals surface area (Å²) in [5.74, 6) is 0. The molecule has 2 rings (SSSR count). The summed E-state index contributed by atoms with van der Waals surface area (Å²) in [6.45, 7) is 3.62. The number of nitriles is 1. The van der Waals surface area contributed by atoms with E-state index in [0.717, 1.165) is 0 Å². The Balaban J connectivity index is 2.39. The zero-order valence-electron chi connectivity index (χ0n) is 12.1. The van der Waals surface area contributed by atoms with Crippen molar-refractivity contribution in [1.29, 1.82) is 5.26 Å². The van der Waals surface area contributed by atoms with E-state index in [0.29, 0.717) is 28.9 Å². The fourth-order valence-corrected chi connectivity index (χ4v) is 3.17. The van der Waals surface area contributed by atoms with Crippen LogP contribution in [-0.2, 0) is 23.5 Å². The van der Waals surface area contributed by atoms with Crippen LogP contribution in [0.4, 0.5) is 5.69 Å². The van der Waals surface area contributed by atoms with Gasteiger partial charge in [-0.3, -0.25) is 9.40 Å². The van der Waals surface area contributed by atoms with Gasteiger partial charge in [-0.05, 0) is 37.1 Å². The van der Waals surface area contributed by atoms with E-state index >= 15 is 0 Å². The van der Waals surface area contributed by atoms with E-state index in [1.165, 1.54) is 18.2 Å². The quantitative estimate of drug-likeness (QED) is 0.935. The van der Waals surface area contributed by atoms with Gasteiger partial charge in [-0.2, -0.15) is 10.4 Å². The molecular weight excluding hydrogens is 288 g/mol. The predicted octanol–water partition coefficient (Wildman–Crippen LogP) is 1.96. The second kappa shape index (κ2) is 5.58. The molecule has 0 unspecified atom stereocenters. The number of hydrogen-bond acceptors (Lipinski definition) is 4. The van der Waals surface area contributed by atoms with E-state index in [1.54, 1.807) is 24.9 Å². The van der Waals surface area contributed by atoms with Gasteiger partial charge in [0.05, 0.1) is 27.9 Å². The average molecular weight is 304 g/mol. The Labute approximate surface area is 124 Å². The molecule has 6 nitrogen and oxygen atoms in total. The molecular formula is C14H16N4O2S. The van der Waals surface area contributed by atoms with E-state index in [1.807, 2.05) is 13.0 Å². The highest BCUT2D eigenvalue weighted by atomic mass is 32.2. The summed E-state index contributed by atoms with van der Waals surface area (Å²) in [5, 5.41) is 13.1. The van der Waals surface area contributed by atoms with Crippen LogP contribution in [0.25, 0.3) is 0 Å². The van der Waals surface area contributed by atoms with Crippen molar-refractivity contribution in [3.63, 3.8) is 0 Å². The number of benzene rings is 1. The smallest absolute Gasteiger partial charge is 0.262 e. The van der Waals surface area contributed by atoms with Crippen molar-refractivity contribution in [2.24, 2.45) is 7.05 Å². The summed E-state index contributed by atoms with van der Waals surface area (Å²) >= 11 is 0. The molecule has 1 aromatic carbocycles. The minimum absolute atomic E-state index is 0.130. The highest BCUT2D eigenvalue weighted by Crippen LogP contribution is 2.21. The fraction of sp³-hybridized carbons (Fsp3) is 0.286. The van der Waals surface area contributed by atoms with E-state index in [2.05, 4.69) is 9.82 Å². The first kappa shape index (κ1) is 15.1. The number of aryl methyl sites for hydroxylation is 3. The van der Waals surface area contributed by atoms with Crippen molar-refractivity contribution < 1.29 is 8.42 Å². The maximum atomic E-state index is 12.4. The van der Waals surface area contributed by atoms with Crippen LogP contribution < -0.4 is 4.72 Å². The summed E-state index contributed by atoms with van der Waals surface area (Å²) in [6.07, 6.45) is 2.26. The Hall–Kier alpha value is -2.33. The molecule has 0 fully saturated rings. The monoisotopic (exact) mass is 304 g/mol. The molecule has 110 valence electrons. The van der Waals surface area contributed by atoms with Gasteiger partial charge in [0.15, 0.2) is 0 Å². The van der Waals surface area contributed by atoms with E-state index in [-0.39, 0.29) is 4.90 Å². The lowest BCUT2D eigenvalue weighted by atomic mass is 10.1. The van der Waals surface area contributed by atoms with Crippen molar-refractivity contribution in [2.75, 3.05) is 4.72 Å². The molecule has 7 heteroatoms. The number of hydrogen-bond donors (Lipinski definition) is 1. The third-order valence-corrected chi connectivity index (χ3v) is 4.48. The SMILES string of the molecule is CCc1nn(C)cc1NS(=O)(=O)c1ccc(C#N)c(C)c1. The van der Waals surface area contributed by atoms with Crippen molar-refractivity contribution in [3.05, 3.63) is 41.2 Å². The van der Waals surface area contributed by atoms with E-state index < -0.39 is 10.0 Å². The molecule has 1 aromatic heterocycles. The topological polar surface area (TPSA) is 87.8 Å². The van der Waals surface area contributed by atoms with Crippen LogP contribution in [0.1, 0.15) is 23.7 Å². The first-order valence-corrected chi connectivity index (χ1v) is 7.91. The molecule has 0 aliphatic carbocycles. The molecule has 0 aliphatic rings. The van der Waals surface area contributed by atoms with Crippen LogP contribution in [0.2, 0.25) is 0 Å². The molecule has 0 spiro atoms. The highest BCUT2D eigenvalue weighted by molar-refractivity contribution is 7.92. The van der Waals surface area contributed by atoms with Gasteiger partial charge in [-0.25, -0.2) is 8.42 Å². The highest BCUT2D eigenvalue weighted by Gasteiger charge is 2.18. The lowest BCUT2D eigenvalue weighted by molar-refractivity contribution is 0.601. The van der Waals surface area contributed by atoms with Gasteiger partial charge in [0.1, 0.15) is 0 Å². The van der Waals surface area contributed by atoms with Crippen molar-refractivity contribution >= 4 is 15.7 Å². The number of nitrogens with zero attached hydrogens (tertiary/aromatic N) is 3. The molecule has 0 saturated carbocycles. The van der Waals surface area contributed by atoms with Gasteiger partial charge in [-0.1, -0.05) is 6.92 Å². The standard InChI is InChI=1S/C14H16N4O2S/c1-4-13-14(9-18(3)16-13)17-21(19,20)12-6-5-11(8-15)10(2)7-12/h5-7,9,17H,4H2,1-3H3. The third kappa shape index (κ3) is 3.06. The minimum atomic E-state index is -3.69. The van der Waals surface area contributed by atoms with Crippen LogP contribution in [0, 0.1) is 18.3 Å². The van der Waals surface area contributed by atoms with Crippen LogP contribution in [0.15, 0.2) is 29.3 Å². The Kier molecular flexibility index (Phi) is 4.00. The van der Waals surface area contributed by atoms with Gasteiger partial charge >= 0.3 is 0 Å². The van der Waals surface area contributed by atoms with E-state index in [9.17, 15) is 8.42 Å². The van der Waals surface area contributed by atoms with Gasteiger partial charge in [0.2, 0.25) is 0 Å². The lowest BCUT2D eigenvalue weighted by Gasteiger charge is -2.08. The van der Waals surface area contributed by atoms with Crippen molar-refractivity contribution in [3.8, 4) is 6.07 Å². The maximum Gasteiger partial charge on any atom is 0.262 e. The predicted molar refractivity (Wildman–Crippen MR) is 79.3 cm³/mol. The summed E-state index contributed by atoms with van der Waals surface area (Å²) in [7, 11) is -1.95. The number of nitrogens with one attached hydrogen (secondary N) is 1. The number of sulfonamides is 1. The molecule has 0 saturated heterocycles. The average Bonchev–Trinajstić information content (AvgIpc) is 2.77. The molecule has 1 heterocycles. The maximum absolute atomic E-state index is 12.4. The molecule has 0 atom stereocenters. The molecule has 0 radical (unpaired) electrons. The summed E-state index contributed by atoms with van der Waals surface area (Å²) < 4.78 is 28.9. The number of anilines is 1. The van der Waals surface area contributed by atoms with Crippen molar-refractivity contribution in [2.45, 2.75) is 25.2 Å². The Bertz CT molecular complexity index is 816. The Morgan fingerprint density at radius 3 is 2.71 bits per heavy atom. The minimum Gasteiger partial charge on any atom is -0.276 e. The lowest BCUT2D eigenvalue weighted by Crippen LogP contribution is -2.14. The molecule has 0 aliphatic heterocycles. The Morgan fingerprint density at radius 1 is 1.43 bits per heavy atom. The third-order valence-electron chi connectivity index (χ3n) is 3.11. The van der Waals surface area contributed by atoms with Gasteiger partial charge < -0.3 is 0 Å². The molecule has 2 aromatic rings. The number of aromatic nitrogens is 2. The largest absolute Gasteiger partial charge is 0.276 e. The van der Waals surface area contributed by atoms with Crippen LogP contribution in [0.3, 0.4) is 0 Å². The van der Waals surface area contributed by atoms with Gasteiger partial charge in [0, 0.05) is 13.2 Å². The molecule has 21 heavy (non-hydrogen) atoms. The van der Waals surface area contributed by atoms with Gasteiger partial charge in [0.25, 0.3) is 10.0 Å². The first-order valence-electron chi connectivity index (χ1n) is 6.43. The van der Waals surface area contributed by atoms with Crippen LogP contribution >= 0.6 is 0 Å². The second-order valence-corrected chi connectivity index (χ2v) is 6.39. The summed E-state index contributed by atoms with van der Waals surface area (Å²) in [5.41, 5.74) is 2.25. The Morgan fingerprint density at radius 2 is 2.14 bits per heavy atom. The van der Waals surface area contributed by atoms with Crippen LogP contribution in [-0.4, -0.2) is 18.2 Å². The summed E-state index contributed by atoms with van der Waals surface area (Å²) in [6, 6.07) is 6.44. The zero-order valence-corrected chi connectivity index (χ0v) is 12.9. The van der Waals surface area contributed by atoms with Crippen LogP contribution in [0.5, 0.6) is 0 Å². The second-order valence-electron chi connectivity index (χ2n) is 4.71. The van der Waals surface area contributed by atoms with E-state index in [4.69, 9.17) is 5.26 Å². The summed E-state index contributed by atoms with van der Waals surface area (Å²) in [4.78, 5) is 0.130. The molecule has 0 bridgehead atoms.